The summed E-state index contributed by atoms with van der Waals surface area (Å²) in [6.45, 7) is 0.526. The summed E-state index contributed by atoms with van der Waals surface area (Å²) in [6, 6.07) is 6.08. The predicted molar refractivity (Wildman–Crippen MR) is 74.0 cm³/mol. The van der Waals surface area contributed by atoms with Gasteiger partial charge >= 0.3 is 0 Å². The maximum atomic E-state index is 5.56. The molecule has 0 bridgehead atoms. The molecule has 3 aromatic rings. The van der Waals surface area contributed by atoms with E-state index in [1.54, 1.807) is 17.5 Å². The van der Waals surface area contributed by atoms with Crippen molar-refractivity contribution < 1.29 is 0 Å². The van der Waals surface area contributed by atoms with Crippen LogP contribution in [-0.2, 0) is 13.6 Å². The van der Waals surface area contributed by atoms with Crippen molar-refractivity contribution in [3.63, 3.8) is 0 Å². The maximum Gasteiger partial charge on any atom is 0.187 e. The second-order valence-electron chi connectivity index (χ2n) is 4.02. The number of fused-ring (bicyclic) bond motifs is 1. The van der Waals surface area contributed by atoms with Crippen LogP contribution in [0.15, 0.2) is 30.7 Å². The smallest absolute Gasteiger partial charge is 0.187 e. The van der Waals surface area contributed by atoms with Crippen LogP contribution >= 0.6 is 11.3 Å². The average Bonchev–Trinajstić information content (AvgIpc) is 2.97. The van der Waals surface area contributed by atoms with Crippen LogP contribution in [-0.4, -0.2) is 14.5 Å². The Labute approximate surface area is 108 Å². The molecule has 2 aromatic heterocycles. The first-order valence-electron chi connectivity index (χ1n) is 5.59. The molecule has 0 saturated heterocycles. The van der Waals surface area contributed by atoms with Crippen LogP contribution in [0.25, 0.3) is 11.0 Å². The minimum Gasteiger partial charge on any atom is -0.334 e. The Morgan fingerprint density at radius 3 is 3.06 bits per heavy atom. The molecule has 0 amide bonds. The highest BCUT2D eigenvalue weighted by molar-refractivity contribution is 7.15. The zero-order valence-electron chi connectivity index (χ0n) is 9.92. The van der Waals surface area contributed by atoms with Gasteiger partial charge in [0.25, 0.3) is 0 Å². The number of hydrogen-bond donors (Lipinski definition) is 2. The number of nitrogens with zero attached hydrogens (tertiary/aromatic N) is 3. The van der Waals surface area contributed by atoms with E-state index in [1.807, 2.05) is 36.1 Å². The van der Waals surface area contributed by atoms with Crippen molar-refractivity contribution in [1.29, 1.82) is 0 Å². The van der Waals surface area contributed by atoms with E-state index in [1.165, 1.54) is 0 Å². The summed E-state index contributed by atoms with van der Waals surface area (Å²) in [7, 11) is 1.98. The lowest BCUT2D eigenvalue weighted by Gasteiger charge is -2.02. The Hall–Kier alpha value is -1.92. The van der Waals surface area contributed by atoms with Crippen molar-refractivity contribution in [2.24, 2.45) is 12.8 Å². The molecule has 0 saturated carbocycles. The van der Waals surface area contributed by atoms with Crippen molar-refractivity contribution in [2.45, 2.75) is 6.54 Å². The molecule has 0 atom stereocenters. The Morgan fingerprint density at radius 2 is 2.28 bits per heavy atom. The topological polar surface area (TPSA) is 68.8 Å². The Morgan fingerprint density at radius 1 is 1.39 bits per heavy atom. The van der Waals surface area contributed by atoms with Crippen LogP contribution in [0.4, 0.5) is 10.8 Å². The molecule has 1 aromatic carbocycles. The summed E-state index contributed by atoms with van der Waals surface area (Å²) < 4.78 is 2.00. The molecular weight excluding hydrogens is 246 g/mol. The fourth-order valence-corrected chi connectivity index (χ4v) is 2.51. The minimum atomic E-state index is 0.526. The zero-order valence-corrected chi connectivity index (χ0v) is 10.7. The van der Waals surface area contributed by atoms with Crippen LogP contribution in [0, 0.1) is 0 Å². The number of aromatic nitrogens is 3. The molecule has 92 valence electrons. The summed E-state index contributed by atoms with van der Waals surface area (Å²) in [5.74, 6) is 0. The Bertz CT molecular complexity index is 685. The zero-order chi connectivity index (χ0) is 12.5. The molecule has 18 heavy (non-hydrogen) atoms. The summed E-state index contributed by atoms with van der Waals surface area (Å²) in [5.41, 5.74) is 8.63. The average molecular weight is 259 g/mol. The van der Waals surface area contributed by atoms with E-state index in [2.05, 4.69) is 15.3 Å². The highest BCUT2D eigenvalue weighted by Gasteiger charge is 2.04. The Kier molecular flexibility index (Phi) is 2.73. The summed E-state index contributed by atoms with van der Waals surface area (Å²) >= 11 is 1.57. The largest absolute Gasteiger partial charge is 0.334 e. The van der Waals surface area contributed by atoms with Gasteiger partial charge in [0.05, 0.1) is 17.4 Å². The number of nitrogens with one attached hydrogen (secondary N) is 1. The monoisotopic (exact) mass is 259 g/mol. The molecule has 0 aliphatic heterocycles. The molecule has 3 N–H and O–H groups in total. The van der Waals surface area contributed by atoms with Gasteiger partial charge in [0.15, 0.2) is 5.13 Å². The summed E-state index contributed by atoms with van der Waals surface area (Å²) in [4.78, 5) is 9.66. The highest BCUT2D eigenvalue weighted by Crippen LogP contribution is 2.24. The van der Waals surface area contributed by atoms with Crippen LogP contribution in [0.3, 0.4) is 0 Å². The SMILES string of the molecule is Cn1cnc2cc(Nc3ncc(CN)s3)ccc21. The van der Waals surface area contributed by atoms with Crippen LogP contribution in [0.5, 0.6) is 0 Å². The lowest BCUT2D eigenvalue weighted by molar-refractivity contribution is 0.948. The predicted octanol–water partition coefficient (Wildman–Crippen LogP) is 2.23. The number of hydrogen-bond acceptors (Lipinski definition) is 5. The van der Waals surface area contributed by atoms with Gasteiger partial charge in [-0.25, -0.2) is 9.97 Å². The molecule has 5 nitrogen and oxygen atoms in total. The first-order valence-corrected chi connectivity index (χ1v) is 6.41. The molecule has 6 heteroatoms. The van der Waals surface area contributed by atoms with E-state index < -0.39 is 0 Å². The van der Waals surface area contributed by atoms with E-state index in [0.717, 1.165) is 26.7 Å². The first kappa shape index (κ1) is 11.2. The first-order chi connectivity index (χ1) is 8.76. The third-order valence-electron chi connectivity index (χ3n) is 2.73. The maximum absolute atomic E-state index is 5.56. The summed E-state index contributed by atoms with van der Waals surface area (Å²) in [6.07, 6.45) is 3.61. The van der Waals surface area contributed by atoms with Gasteiger partial charge in [-0.2, -0.15) is 0 Å². The van der Waals surface area contributed by atoms with Crippen LogP contribution < -0.4 is 11.1 Å². The van der Waals surface area contributed by atoms with Gasteiger partial charge in [0.1, 0.15) is 0 Å². The Balaban J connectivity index is 1.90. The van der Waals surface area contributed by atoms with Crippen molar-refractivity contribution in [3.05, 3.63) is 35.6 Å². The van der Waals surface area contributed by atoms with Crippen molar-refractivity contribution >= 4 is 33.2 Å². The van der Waals surface area contributed by atoms with Crippen LogP contribution in [0.1, 0.15) is 4.88 Å². The van der Waals surface area contributed by atoms with Gasteiger partial charge in [-0.1, -0.05) is 0 Å². The number of rotatable bonds is 3. The number of anilines is 2. The molecule has 0 unspecified atom stereocenters. The van der Waals surface area contributed by atoms with Crippen molar-refractivity contribution in [3.8, 4) is 0 Å². The second kappa shape index (κ2) is 4.40. The molecule has 0 spiro atoms. The van der Waals surface area contributed by atoms with Gasteiger partial charge in [0, 0.05) is 30.4 Å². The van der Waals surface area contributed by atoms with Gasteiger partial charge in [0.2, 0.25) is 0 Å². The lowest BCUT2D eigenvalue weighted by atomic mass is 10.3. The number of thiazole rings is 1. The number of aryl methyl sites for hydroxylation is 1. The van der Waals surface area contributed by atoms with Gasteiger partial charge < -0.3 is 15.6 Å². The lowest BCUT2D eigenvalue weighted by Crippen LogP contribution is -1.91. The molecule has 0 aliphatic carbocycles. The molecule has 0 radical (unpaired) electrons. The standard InChI is InChI=1S/C12H13N5S/c1-17-7-15-10-4-8(2-3-11(10)17)16-12-14-6-9(5-13)18-12/h2-4,6-7H,5,13H2,1H3,(H,14,16). The number of benzene rings is 1. The van der Waals surface area contributed by atoms with Crippen molar-refractivity contribution in [2.75, 3.05) is 5.32 Å². The quantitative estimate of drug-likeness (QED) is 0.757. The third-order valence-corrected chi connectivity index (χ3v) is 3.67. The highest BCUT2D eigenvalue weighted by atomic mass is 32.1. The van der Waals surface area contributed by atoms with E-state index in [-0.39, 0.29) is 0 Å². The van der Waals surface area contributed by atoms with Gasteiger partial charge in [-0.3, -0.25) is 0 Å². The molecule has 3 rings (SSSR count). The van der Waals surface area contributed by atoms with Gasteiger partial charge in [-0.05, 0) is 18.2 Å². The normalized spacial score (nSPS) is 11.0. The number of imidazole rings is 1. The fraction of sp³-hybridized carbons (Fsp3) is 0.167. The van der Waals surface area contributed by atoms with Crippen LogP contribution in [0.2, 0.25) is 0 Å². The molecule has 0 fully saturated rings. The molecule has 2 heterocycles. The van der Waals surface area contributed by atoms with E-state index in [4.69, 9.17) is 5.73 Å². The fourth-order valence-electron chi connectivity index (χ4n) is 1.80. The van der Waals surface area contributed by atoms with E-state index in [9.17, 15) is 0 Å². The van der Waals surface area contributed by atoms with E-state index in [0.29, 0.717) is 6.54 Å². The second-order valence-corrected chi connectivity index (χ2v) is 5.14. The molecular formula is C12H13N5S. The number of nitrogens with two attached hydrogens (primary N) is 1. The van der Waals surface area contributed by atoms with E-state index >= 15 is 0 Å². The van der Waals surface area contributed by atoms with Crippen molar-refractivity contribution in [1.82, 2.24) is 14.5 Å². The molecule has 0 aliphatic rings. The summed E-state index contributed by atoms with van der Waals surface area (Å²) in [5, 5.41) is 4.12. The third kappa shape index (κ3) is 1.96. The van der Waals surface area contributed by atoms with Gasteiger partial charge in [-0.15, -0.1) is 11.3 Å². The minimum absolute atomic E-state index is 0.526.